The third-order valence-corrected chi connectivity index (χ3v) is 3.79. The zero-order chi connectivity index (χ0) is 15.8. The van der Waals surface area contributed by atoms with Gasteiger partial charge in [-0.2, -0.15) is 9.78 Å². The first-order chi connectivity index (χ1) is 11.2. The average Bonchev–Trinajstić information content (AvgIpc) is 2.95. The summed E-state index contributed by atoms with van der Waals surface area (Å²) in [7, 11) is 0. The Hall–Kier alpha value is -3.21. The SMILES string of the molecule is Cc1nc2c([nH]c3ccccc32)c(=O)n1/N=C\c1ccccc1. The van der Waals surface area contributed by atoms with E-state index in [9.17, 15) is 4.79 Å². The Morgan fingerprint density at radius 2 is 1.83 bits per heavy atom. The number of hydrogen-bond acceptors (Lipinski definition) is 3. The molecule has 5 heteroatoms. The van der Waals surface area contributed by atoms with Crippen LogP contribution in [0, 0.1) is 6.92 Å². The standard InChI is InChI=1S/C18H14N4O/c1-12-20-16-14-9-5-6-10-15(14)21-17(16)18(23)22(12)19-11-13-7-3-2-4-8-13/h2-11,21H,1H3/b19-11-. The number of rotatable bonds is 2. The molecule has 0 saturated carbocycles. The van der Waals surface area contributed by atoms with Crippen LogP contribution in [0.1, 0.15) is 11.4 Å². The van der Waals surface area contributed by atoms with Crippen LogP contribution < -0.4 is 5.56 Å². The van der Waals surface area contributed by atoms with Gasteiger partial charge in [0.1, 0.15) is 16.9 Å². The molecule has 0 aliphatic heterocycles. The van der Waals surface area contributed by atoms with Gasteiger partial charge < -0.3 is 4.98 Å². The van der Waals surface area contributed by atoms with E-state index in [1.807, 2.05) is 54.6 Å². The number of aryl methyl sites for hydroxylation is 1. The molecule has 23 heavy (non-hydrogen) atoms. The third kappa shape index (κ3) is 2.23. The minimum atomic E-state index is -0.198. The summed E-state index contributed by atoms with van der Waals surface area (Å²) in [5.74, 6) is 0.555. The number of fused-ring (bicyclic) bond motifs is 3. The van der Waals surface area contributed by atoms with Crippen LogP contribution in [-0.4, -0.2) is 20.9 Å². The summed E-state index contributed by atoms with van der Waals surface area (Å²) in [5, 5.41) is 5.24. The van der Waals surface area contributed by atoms with Crippen LogP contribution in [0.2, 0.25) is 0 Å². The first kappa shape index (κ1) is 13.5. The summed E-state index contributed by atoms with van der Waals surface area (Å²) in [6, 6.07) is 17.4. The number of nitrogens with one attached hydrogen (secondary N) is 1. The van der Waals surface area contributed by atoms with E-state index < -0.39 is 0 Å². The van der Waals surface area contributed by atoms with Crippen LogP contribution in [0.3, 0.4) is 0 Å². The van der Waals surface area contributed by atoms with E-state index in [2.05, 4.69) is 15.1 Å². The topological polar surface area (TPSA) is 63.0 Å². The lowest BCUT2D eigenvalue weighted by molar-refractivity contribution is 0.770. The number of benzene rings is 2. The lowest BCUT2D eigenvalue weighted by atomic mass is 10.2. The lowest BCUT2D eigenvalue weighted by Gasteiger charge is -2.02. The molecule has 0 bridgehead atoms. The zero-order valence-electron chi connectivity index (χ0n) is 12.5. The van der Waals surface area contributed by atoms with Crippen molar-refractivity contribution in [1.29, 1.82) is 0 Å². The van der Waals surface area contributed by atoms with Gasteiger partial charge in [0.05, 0.1) is 6.21 Å². The third-order valence-electron chi connectivity index (χ3n) is 3.79. The molecule has 0 atom stereocenters. The molecule has 2 aromatic heterocycles. The molecule has 0 unspecified atom stereocenters. The summed E-state index contributed by atoms with van der Waals surface area (Å²) >= 11 is 0. The first-order valence-electron chi connectivity index (χ1n) is 7.33. The summed E-state index contributed by atoms with van der Waals surface area (Å²) < 4.78 is 1.32. The zero-order valence-corrected chi connectivity index (χ0v) is 12.5. The molecule has 0 aliphatic carbocycles. The Balaban J connectivity index is 1.92. The van der Waals surface area contributed by atoms with Crippen LogP contribution in [0.15, 0.2) is 64.5 Å². The van der Waals surface area contributed by atoms with Crippen molar-refractivity contribution >= 4 is 28.2 Å². The summed E-state index contributed by atoms with van der Waals surface area (Å²) in [5.41, 5.74) is 2.79. The van der Waals surface area contributed by atoms with Crippen LogP contribution in [0.25, 0.3) is 21.9 Å². The number of aromatic nitrogens is 3. The molecule has 2 heterocycles. The Morgan fingerprint density at radius 3 is 2.65 bits per heavy atom. The second-order valence-electron chi connectivity index (χ2n) is 5.33. The minimum Gasteiger partial charge on any atom is -0.349 e. The van der Waals surface area contributed by atoms with Crippen molar-refractivity contribution in [2.45, 2.75) is 6.92 Å². The van der Waals surface area contributed by atoms with Gasteiger partial charge in [0, 0.05) is 10.9 Å². The molecule has 0 saturated heterocycles. The van der Waals surface area contributed by atoms with Crippen molar-refractivity contribution in [1.82, 2.24) is 14.6 Å². The quantitative estimate of drug-likeness (QED) is 0.578. The maximum atomic E-state index is 12.7. The fraction of sp³-hybridized carbons (Fsp3) is 0.0556. The fourth-order valence-corrected chi connectivity index (χ4v) is 2.66. The van der Waals surface area contributed by atoms with Crippen LogP contribution in [0.4, 0.5) is 0 Å². The van der Waals surface area contributed by atoms with E-state index in [1.54, 1.807) is 13.1 Å². The lowest BCUT2D eigenvalue weighted by Crippen LogP contribution is -2.20. The van der Waals surface area contributed by atoms with Crippen molar-refractivity contribution in [3.63, 3.8) is 0 Å². The molecule has 0 aliphatic rings. The van der Waals surface area contributed by atoms with Gasteiger partial charge in [0.25, 0.3) is 5.56 Å². The molecule has 0 radical (unpaired) electrons. The van der Waals surface area contributed by atoms with Gasteiger partial charge in [-0.25, -0.2) is 4.98 Å². The largest absolute Gasteiger partial charge is 0.349 e. The highest BCUT2D eigenvalue weighted by molar-refractivity contribution is 6.04. The molecule has 112 valence electrons. The van der Waals surface area contributed by atoms with E-state index in [0.29, 0.717) is 16.9 Å². The van der Waals surface area contributed by atoms with Gasteiger partial charge in [0.15, 0.2) is 0 Å². The number of para-hydroxylation sites is 1. The molecule has 1 N–H and O–H groups in total. The Labute approximate surface area is 131 Å². The van der Waals surface area contributed by atoms with E-state index in [-0.39, 0.29) is 5.56 Å². The Morgan fingerprint density at radius 1 is 1.09 bits per heavy atom. The van der Waals surface area contributed by atoms with Crippen molar-refractivity contribution in [3.8, 4) is 0 Å². The number of aromatic amines is 1. The maximum Gasteiger partial charge on any atom is 0.298 e. The van der Waals surface area contributed by atoms with Crippen molar-refractivity contribution < 1.29 is 0 Å². The van der Waals surface area contributed by atoms with Crippen molar-refractivity contribution in [2.24, 2.45) is 5.10 Å². The van der Waals surface area contributed by atoms with E-state index in [1.165, 1.54) is 4.68 Å². The maximum absolute atomic E-state index is 12.7. The van der Waals surface area contributed by atoms with E-state index in [4.69, 9.17) is 0 Å². The second kappa shape index (κ2) is 5.21. The van der Waals surface area contributed by atoms with E-state index >= 15 is 0 Å². The highest BCUT2D eigenvalue weighted by atomic mass is 16.1. The fourth-order valence-electron chi connectivity index (χ4n) is 2.66. The van der Waals surface area contributed by atoms with Crippen LogP contribution >= 0.6 is 0 Å². The summed E-state index contributed by atoms with van der Waals surface area (Å²) in [4.78, 5) is 20.4. The van der Waals surface area contributed by atoms with Gasteiger partial charge >= 0.3 is 0 Å². The van der Waals surface area contributed by atoms with Crippen LogP contribution in [-0.2, 0) is 0 Å². The number of hydrogen-bond donors (Lipinski definition) is 1. The molecule has 4 rings (SSSR count). The molecule has 4 aromatic rings. The predicted molar refractivity (Wildman–Crippen MR) is 92.0 cm³/mol. The highest BCUT2D eigenvalue weighted by Gasteiger charge is 2.12. The molecule has 0 fully saturated rings. The van der Waals surface area contributed by atoms with Gasteiger partial charge in [-0.05, 0) is 18.6 Å². The molecule has 5 nitrogen and oxygen atoms in total. The normalized spacial score (nSPS) is 11.7. The van der Waals surface area contributed by atoms with Crippen LogP contribution in [0.5, 0.6) is 0 Å². The highest BCUT2D eigenvalue weighted by Crippen LogP contribution is 2.21. The smallest absolute Gasteiger partial charge is 0.298 e. The Kier molecular flexibility index (Phi) is 3.05. The van der Waals surface area contributed by atoms with Crippen molar-refractivity contribution in [3.05, 3.63) is 76.3 Å². The Bertz CT molecular complexity index is 1090. The average molecular weight is 302 g/mol. The van der Waals surface area contributed by atoms with Gasteiger partial charge in [-0.15, -0.1) is 0 Å². The number of nitrogens with zero attached hydrogens (tertiary/aromatic N) is 3. The van der Waals surface area contributed by atoms with E-state index in [0.717, 1.165) is 16.5 Å². The van der Waals surface area contributed by atoms with Gasteiger partial charge in [0.2, 0.25) is 0 Å². The van der Waals surface area contributed by atoms with Gasteiger partial charge in [-0.3, -0.25) is 4.79 Å². The molecule has 0 spiro atoms. The summed E-state index contributed by atoms with van der Waals surface area (Å²) in [6.45, 7) is 1.78. The minimum absolute atomic E-state index is 0.198. The predicted octanol–water partition coefficient (Wildman–Crippen LogP) is 3.07. The molecule has 0 amide bonds. The first-order valence-corrected chi connectivity index (χ1v) is 7.33. The van der Waals surface area contributed by atoms with Gasteiger partial charge in [-0.1, -0.05) is 48.5 Å². The summed E-state index contributed by atoms with van der Waals surface area (Å²) in [6.07, 6.45) is 1.66. The van der Waals surface area contributed by atoms with Crippen molar-refractivity contribution in [2.75, 3.05) is 0 Å². The number of H-pyrrole nitrogens is 1. The molecular weight excluding hydrogens is 288 g/mol. The molecular formula is C18H14N4O. The second-order valence-corrected chi connectivity index (χ2v) is 5.33. The molecule has 2 aromatic carbocycles. The monoisotopic (exact) mass is 302 g/mol.